The molecule has 0 fully saturated rings. The van der Waals surface area contributed by atoms with E-state index in [4.69, 9.17) is 4.74 Å². The Bertz CT molecular complexity index is 231. The van der Waals surface area contributed by atoms with Crippen LogP contribution in [0.2, 0.25) is 0 Å². The predicted molar refractivity (Wildman–Crippen MR) is 67.7 cm³/mol. The van der Waals surface area contributed by atoms with Crippen molar-refractivity contribution >= 4 is 23.5 Å². The van der Waals surface area contributed by atoms with Gasteiger partial charge < -0.3 is 4.74 Å². The molecule has 0 aromatic rings. The largest absolute Gasteiger partial charge is 0.459 e. The smallest absolute Gasteiger partial charge is 0.316 e. The number of ether oxygens (including phenoxy) is 1. The minimum Gasteiger partial charge on any atom is -0.459 e. The number of carbonyl (C=O) groups is 2. The van der Waals surface area contributed by atoms with Crippen LogP contribution < -0.4 is 0 Å². The summed E-state index contributed by atoms with van der Waals surface area (Å²) in [6.07, 6.45) is 2.08. The van der Waals surface area contributed by atoms with E-state index in [2.05, 4.69) is 0 Å². The minimum absolute atomic E-state index is 0.181. The fraction of sp³-hybridized carbons (Fsp3) is 0.833. The highest BCUT2D eigenvalue weighted by atomic mass is 32.2. The Hall–Kier alpha value is -0.510. The van der Waals surface area contributed by atoms with E-state index in [1.165, 1.54) is 11.8 Å². The molecule has 0 aliphatic carbocycles. The number of hydrogen-bond acceptors (Lipinski definition) is 4. The van der Waals surface area contributed by atoms with Crippen LogP contribution in [-0.4, -0.2) is 28.9 Å². The summed E-state index contributed by atoms with van der Waals surface area (Å²) in [6, 6.07) is 0. The second-order valence-corrected chi connectivity index (χ2v) is 5.74. The Balaban J connectivity index is 3.45. The zero-order valence-corrected chi connectivity index (χ0v) is 11.5. The summed E-state index contributed by atoms with van der Waals surface area (Å²) < 4.78 is 5.16. The summed E-state index contributed by atoms with van der Waals surface area (Å²) in [5.41, 5.74) is -0.407. The van der Waals surface area contributed by atoms with Crippen molar-refractivity contribution in [1.29, 1.82) is 0 Å². The van der Waals surface area contributed by atoms with Gasteiger partial charge in [0, 0.05) is 12.8 Å². The predicted octanol–water partition coefficient (Wildman–Crippen LogP) is 2.82. The van der Waals surface area contributed by atoms with Gasteiger partial charge in [-0.15, -0.1) is 0 Å². The third kappa shape index (κ3) is 10.0. The second-order valence-electron chi connectivity index (χ2n) is 4.63. The van der Waals surface area contributed by atoms with Gasteiger partial charge in [-0.1, -0.05) is 6.92 Å². The molecule has 0 aromatic heterocycles. The lowest BCUT2D eigenvalue weighted by atomic mass is 10.2. The monoisotopic (exact) mass is 246 g/mol. The van der Waals surface area contributed by atoms with E-state index < -0.39 is 5.60 Å². The molecule has 0 amide bonds. The minimum atomic E-state index is -0.407. The van der Waals surface area contributed by atoms with Crippen molar-refractivity contribution in [2.45, 2.75) is 52.6 Å². The van der Waals surface area contributed by atoms with Gasteiger partial charge in [-0.25, -0.2) is 0 Å². The Morgan fingerprint density at radius 1 is 1.25 bits per heavy atom. The summed E-state index contributed by atoms with van der Waals surface area (Å²) in [4.78, 5) is 22.3. The van der Waals surface area contributed by atoms with Crippen LogP contribution in [0, 0.1) is 0 Å². The van der Waals surface area contributed by atoms with E-state index in [1.54, 1.807) is 0 Å². The van der Waals surface area contributed by atoms with Crippen molar-refractivity contribution in [3.8, 4) is 0 Å². The number of carbonyl (C=O) groups excluding carboxylic acids is 2. The number of rotatable bonds is 7. The first-order valence-corrected chi connectivity index (χ1v) is 6.82. The number of ketones is 1. The Kier molecular flexibility index (Phi) is 7.47. The molecule has 0 saturated carbocycles. The van der Waals surface area contributed by atoms with Crippen molar-refractivity contribution in [3.05, 3.63) is 0 Å². The van der Waals surface area contributed by atoms with Gasteiger partial charge in [-0.05, 0) is 32.9 Å². The Morgan fingerprint density at radius 2 is 1.88 bits per heavy atom. The molecule has 0 heterocycles. The topological polar surface area (TPSA) is 43.4 Å². The highest BCUT2D eigenvalue weighted by molar-refractivity contribution is 7.99. The lowest BCUT2D eigenvalue weighted by molar-refractivity contribution is -0.151. The van der Waals surface area contributed by atoms with E-state index in [-0.39, 0.29) is 11.8 Å². The van der Waals surface area contributed by atoms with E-state index >= 15 is 0 Å². The molecule has 0 bridgehead atoms. The molecule has 0 atom stereocenters. The highest BCUT2D eigenvalue weighted by Gasteiger charge is 2.15. The van der Waals surface area contributed by atoms with Crippen LogP contribution >= 0.6 is 11.8 Å². The highest BCUT2D eigenvalue weighted by Crippen LogP contribution is 2.11. The first kappa shape index (κ1) is 15.5. The Morgan fingerprint density at radius 3 is 2.38 bits per heavy atom. The summed E-state index contributed by atoms with van der Waals surface area (Å²) in [7, 11) is 0. The molecule has 0 spiro atoms. The molecule has 0 aliphatic heterocycles. The fourth-order valence-electron chi connectivity index (χ4n) is 1.07. The summed E-state index contributed by atoms with van der Waals surface area (Å²) in [5, 5.41) is 0. The van der Waals surface area contributed by atoms with Crippen molar-refractivity contribution in [2.75, 3.05) is 11.5 Å². The van der Waals surface area contributed by atoms with Gasteiger partial charge in [0.2, 0.25) is 0 Å². The van der Waals surface area contributed by atoms with Crippen molar-refractivity contribution in [3.63, 3.8) is 0 Å². The molecular formula is C12H22O3S. The lowest BCUT2D eigenvalue weighted by Crippen LogP contribution is -2.25. The van der Waals surface area contributed by atoms with Gasteiger partial charge in [-0.3, -0.25) is 9.59 Å². The van der Waals surface area contributed by atoms with Crippen LogP contribution in [0.3, 0.4) is 0 Å². The molecule has 3 nitrogen and oxygen atoms in total. The molecule has 0 aromatic carbocycles. The van der Waals surface area contributed by atoms with Crippen molar-refractivity contribution < 1.29 is 14.3 Å². The first-order chi connectivity index (χ1) is 7.35. The molecule has 0 unspecified atom stereocenters. The van der Waals surface area contributed by atoms with Gasteiger partial charge in [0.1, 0.15) is 11.4 Å². The normalized spacial score (nSPS) is 11.2. The van der Waals surface area contributed by atoms with E-state index in [0.29, 0.717) is 18.6 Å². The average Bonchev–Trinajstić information content (AvgIpc) is 2.14. The summed E-state index contributed by atoms with van der Waals surface area (Å²) in [5.74, 6) is 1.32. The third-order valence-electron chi connectivity index (χ3n) is 1.78. The molecule has 0 aliphatic rings. The van der Waals surface area contributed by atoms with E-state index in [0.717, 1.165) is 12.2 Å². The van der Waals surface area contributed by atoms with Gasteiger partial charge >= 0.3 is 5.97 Å². The maximum Gasteiger partial charge on any atom is 0.316 e. The average molecular weight is 246 g/mol. The molecule has 0 rings (SSSR count). The van der Waals surface area contributed by atoms with Crippen LogP contribution in [0.4, 0.5) is 0 Å². The quantitative estimate of drug-likeness (QED) is 0.512. The molecule has 94 valence electrons. The van der Waals surface area contributed by atoms with Gasteiger partial charge in [0.05, 0.1) is 5.75 Å². The standard InChI is InChI=1S/C12H22O3S/c1-5-10(13)7-6-8-16-9-11(14)15-12(2,3)4/h5-9H2,1-4H3. The Labute approximate surface area is 102 Å². The summed E-state index contributed by atoms with van der Waals surface area (Å²) in [6.45, 7) is 7.44. The second kappa shape index (κ2) is 7.71. The number of thioether (sulfide) groups is 1. The number of Topliss-reactive ketones (excluding diaryl/α,β-unsaturated/α-hetero) is 1. The third-order valence-corrected chi connectivity index (χ3v) is 2.80. The first-order valence-electron chi connectivity index (χ1n) is 5.66. The van der Waals surface area contributed by atoms with Crippen LogP contribution in [0.25, 0.3) is 0 Å². The number of hydrogen-bond donors (Lipinski definition) is 0. The molecule has 0 radical (unpaired) electrons. The maximum absolute atomic E-state index is 11.3. The van der Waals surface area contributed by atoms with E-state index in [1.807, 2.05) is 27.7 Å². The molecule has 4 heteroatoms. The van der Waals surface area contributed by atoms with Crippen LogP contribution in [0.1, 0.15) is 47.0 Å². The molecule has 0 N–H and O–H groups in total. The van der Waals surface area contributed by atoms with Crippen molar-refractivity contribution in [1.82, 2.24) is 0 Å². The van der Waals surface area contributed by atoms with E-state index in [9.17, 15) is 9.59 Å². The lowest BCUT2D eigenvalue weighted by Gasteiger charge is -2.19. The zero-order valence-electron chi connectivity index (χ0n) is 10.7. The van der Waals surface area contributed by atoms with Gasteiger partial charge in [-0.2, -0.15) is 11.8 Å². The van der Waals surface area contributed by atoms with Crippen LogP contribution in [0.5, 0.6) is 0 Å². The summed E-state index contributed by atoms with van der Waals surface area (Å²) >= 11 is 1.53. The maximum atomic E-state index is 11.3. The SMILES string of the molecule is CCC(=O)CCCSCC(=O)OC(C)(C)C. The fourth-order valence-corrected chi connectivity index (χ4v) is 1.79. The number of esters is 1. The van der Waals surface area contributed by atoms with Gasteiger partial charge in [0.25, 0.3) is 0 Å². The molecule has 16 heavy (non-hydrogen) atoms. The van der Waals surface area contributed by atoms with Crippen LogP contribution in [-0.2, 0) is 14.3 Å². The van der Waals surface area contributed by atoms with Crippen LogP contribution in [0.15, 0.2) is 0 Å². The van der Waals surface area contributed by atoms with Gasteiger partial charge in [0.15, 0.2) is 0 Å². The zero-order chi connectivity index (χ0) is 12.6. The molecular weight excluding hydrogens is 224 g/mol. The molecule has 0 saturated heterocycles. The van der Waals surface area contributed by atoms with Crippen molar-refractivity contribution in [2.24, 2.45) is 0 Å².